The summed E-state index contributed by atoms with van der Waals surface area (Å²) in [5, 5.41) is 0. The number of methoxy groups -OCH3 is 1. The molecule has 0 unspecified atom stereocenters. The van der Waals surface area contributed by atoms with Crippen LogP contribution in [0.3, 0.4) is 0 Å². The molecule has 0 bridgehead atoms. The number of nitrogens with zero attached hydrogens (tertiary/aromatic N) is 1. The summed E-state index contributed by atoms with van der Waals surface area (Å²) >= 11 is 0. The van der Waals surface area contributed by atoms with Crippen molar-refractivity contribution in [3.8, 4) is 0 Å². The van der Waals surface area contributed by atoms with Crippen molar-refractivity contribution < 1.29 is 26.7 Å². The lowest BCUT2D eigenvalue weighted by atomic mass is 10.1. The van der Waals surface area contributed by atoms with Crippen molar-refractivity contribution >= 4 is 21.7 Å². The van der Waals surface area contributed by atoms with Gasteiger partial charge >= 0.3 is 5.97 Å². The highest BCUT2D eigenvalue weighted by atomic mass is 32.2. The molecule has 0 atom stereocenters. The van der Waals surface area contributed by atoms with Gasteiger partial charge in [-0.25, -0.2) is 22.0 Å². The summed E-state index contributed by atoms with van der Waals surface area (Å²) in [6, 6.07) is 6.52. The number of hydrogen-bond acceptors (Lipinski definition) is 4. The quantitative estimate of drug-likeness (QED) is 0.791. The number of carbonyl (C=O) groups excluding carboxylic acids is 1. The fourth-order valence-electron chi connectivity index (χ4n) is 2.13. The minimum absolute atomic E-state index is 0.0368. The van der Waals surface area contributed by atoms with Crippen molar-refractivity contribution in [2.75, 3.05) is 18.5 Å². The van der Waals surface area contributed by atoms with Crippen LogP contribution in [0.4, 0.5) is 14.5 Å². The average molecular weight is 355 g/mol. The molecule has 2 aromatic rings. The topological polar surface area (TPSA) is 63.7 Å². The lowest BCUT2D eigenvalue weighted by molar-refractivity contribution is 0.0600. The first kappa shape index (κ1) is 17.9. The standard InChI is InChI=1S/C16H15F2NO4S/c1-10-4-5-11(16(20)23-3)8-15(10)24(21,22)19(2)14-9-12(17)6-7-13(14)18/h4-9H,1-3H3. The SMILES string of the molecule is COC(=O)c1ccc(C)c(S(=O)(=O)N(C)c2cc(F)ccc2F)c1. The molecule has 2 rings (SSSR count). The molecule has 0 heterocycles. The van der Waals surface area contributed by atoms with Crippen LogP contribution < -0.4 is 4.31 Å². The molecular weight excluding hydrogens is 340 g/mol. The Kier molecular flexibility index (Phi) is 4.88. The number of esters is 1. The molecule has 24 heavy (non-hydrogen) atoms. The highest BCUT2D eigenvalue weighted by Crippen LogP contribution is 2.28. The Balaban J connectivity index is 2.58. The van der Waals surface area contributed by atoms with E-state index in [2.05, 4.69) is 4.74 Å². The molecule has 8 heteroatoms. The number of sulfonamides is 1. The van der Waals surface area contributed by atoms with E-state index in [4.69, 9.17) is 0 Å². The summed E-state index contributed by atoms with van der Waals surface area (Å²) in [7, 11) is -1.93. The second-order valence-corrected chi connectivity index (χ2v) is 6.98. The van der Waals surface area contributed by atoms with Crippen molar-refractivity contribution in [2.45, 2.75) is 11.8 Å². The summed E-state index contributed by atoms with van der Waals surface area (Å²) in [5.41, 5.74) is -0.0426. The summed E-state index contributed by atoms with van der Waals surface area (Å²) in [6.45, 7) is 1.53. The second kappa shape index (κ2) is 6.56. The maximum Gasteiger partial charge on any atom is 0.337 e. The van der Waals surface area contributed by atoms with Crippen molar-refractivity contribution in [3.05, 3.63) is 59.2 Å². The van der Waals surface area contributed by atoms with Gasteiger partial charge < -0.3 is 4.74 Å². The molecule has 0 aliphatic rings. The first-order chi connectivity index (χ1) is 11.2. The van der Waals surface area contributed by atoms with Crippen LogP contribution in [-0.2, 0) is 14.8 Å². The van der Waals surface area contributed by atoms with E-state index in [-0.39, 0.29) is 10.5 Å². The van der Waals surface area contributed by atoms with Gasteiger partial charge in [0.25, 0.3) is 10.0 Å². The van der Waals surface area contributed by atoms with Crippen LogP contribution in [-0.4, -0.2) is 28.5 Å². The van der Waals surface area contributed by atoms with Crippen LogP contribution in [0.25, 0.3) is 0 Å². The molecule has 5 nitrogen and oxygen atoms in total. The summed E-state index contributed by atoms with van der Waals surface area (Å²) in [6.07, 6.45) is 0. The number of hydrogen-bond donors (Lipinski definition) is 0. The second-order valence-electron chi connectivity index (χ2n) is 5.04. The third kappa shape index (κ3) is 3.23. The van der Waals surface area contributed by atoms with E-state index in [1.165, 1.54) is 26.2 Å². The van der Waals surface area contributed by atoms with Crippen molar-refractivity contribution in [1.29, 1.82) is 0 Å². The van der Waals surface area contributed by atoms with Crippen molar-refractivity contribution in [2.24, 2.45) is 0 Å². The van der Waals surface area contributed by atoms with Gasteiger partial charge in [-0.3, -0.25) is 4.31 Å². The first-order valence-corrected chi connectivity index (χ1v) is 8.25. The Bertz CT molecular complexity index is 897. The number of carbonyl (C=O) groups is 1. The minimum atomic E-state index is -4.21. The lowest BCUT2D eigenvalue weighted by Gasteiger charge is -2.21. The van der Waals surface area contributed by atoms with Crippen LogP contribution in [0.5, 0.6) is 0 Å². The van der Waals surface area contributed by atoms with E-state index in [0.29, 0.717) is 9.87 Å². The zero-order chi connectivity index (χ0) is 18.1. The summed E-state index contributed by atoms with van der Waals surface area (Å²) < 4.78 is 58.0. The molecule has 0 saturated carbocycles. The smallest absolute Gasteiger partial charge is 0.337 e. The highest BCUT2D eigenvalue weighted by Gasteiger charge is 2.26. The monoisotopic (exact) mass is 355 g/mol. The van der Waals surface area contributed by atoms with Crippen LogP contribution in [0.2, 0.25) is 0 Å². The molecule has 128 valence electrons. The van der Waals surface area contributed by atoms with E-state index in [1.54, 1.807) is 0 Å². The Hall–Kier alpha value is -2.48. The van der Waals surface area contributed by atoms with E-state index in [0.717, 1.165) is 31.3 Å². The van der Waals surface area contributed by atoms with Crippen molar-refractivity contribution in [1.82, 2.24) is 0 Å². The van der Waals surface area contributed by atoms with Gasteiger partial charge in [0.05, 0.1) is 23.3 Å². The Labute approximate surface area is 138 Å². The van der Waals surface area contributed by atoms with Gasteiger partial charge in [-0.1, -0.05) is 6.07 Å². The molecule has 0 N–H and O–H groups in total. The Morgan fingerprint density at radius 1 is 1.12 bits per heavy atom. The van der Waals surface area contributed by atoms with Crippen molar-refractivity contribution in [3.63, 3.8) is 0 Å². The number of ether oxygens (including phenoxy) is 1. The third-order valence-electron chi connectivity index (χ3n) is 3.50. The van der Waals surface area contributed by atoms with Gasteiger partial charge in [0.2, 0.25) is 0 Å². The molecule has 0 fully saturated rings. The number of anilines is 1. The van der Waals surface area contributed by atoms with Gasteiger partial charge in [-0.05, 0) is 36.8 Å². The van der Waals surface area contributed by atoms with E-state index < -0.39 is 33.3 Å². The number of aryl methyl sites for hydroxylation is 1. The van der Waals surface area contributed by atoms with Crippen LogP contribution in [0.1, 0.15) is 15.9 Å². The van der Waals surface area contributed by atoms with Gasteiger partial charge in [-0.15, -0.1) is 0 Å². The Morgan fingerprint density at radius 3 is 2.42 bits per heavy atom. The van der Waals surface area contributed by atoms with Gasteiger partial charge in [-0.2, -0.15) is 0 Å². The van der Waals surface area contributed by atoms with Gasteiger partial charge in [0.1, 0.15) is 11.6 Å². The average Bonchev–Trinajstić information content (AvgIpc) is 2.55. The highest BCUT2D eigenvalue weighted by molar-refractivity contribution is 7.92. The fraction of sp³-hybridized carbons (Fsp3) is 0.188. The van der Waals surface area contributed by atoms with E-state index in [9.17, 15) is 22.0 Å². The van der Waals surface area contributed by atoms with Gasteiger partial charge in [0.15, 0.2) is 0 Å². The minimum Gasteiger partial charge on any atom is -0.465 e. The summed E-state index contributed by atoms with van der Waals surface area (Å²) in [5.74, 6) is -2.36. The normalized spacial score (nSPS) is 11.2. The zero-order valence-corrected chi connectivity index (χ0v) is 14.0. The fourth-order valence-corrected chi connectivity index (χ4v) is 3.57. The maximum atomic E-state index is 13.9. The Morgan fingerprint density at radius 2 is 1.79 bits per heavy atom. The van der Waals surface area contributed by atoms with Crippen LogP contribution in [0, 0.1) is 18.6 Å². The third-order valence-corrected chi connectivity index (χ3v) is 5.41. The lowest BCUT2D eigenvalue weighted by Crippen LogP contribution is -2.28. The number of benzene rings is 2. The molecule has 0 amide bonds. The van der Waals surface area contributed by atoms with E-state index in [1.807, 2.05) is 0 Å². The first-order valence-electron chi connectivity index (χ1n) is 6.81. The largest absolute Gasteiger partial charge is 0.465 e. The van der Waals surface area contributed by atoms with Crippen LogP contribution >= 0.6 is 0 Å². The van der Waals surface area contributed by atoms with Crippen LogP contribution in [0.15, 0.2) is 41.3 Å². The molecule has 0 radical (unpaired) electrons. The molecule has 0 saturated heterocycles. The predicted molar refractivity (Wildman–Crippen MR) is 84.5 cm³/mol. The molecule has 0 aliphatic carbocycles. The molecular formula is C16H15F2NO4S. The number of rotatable bonds is 4. The summed E-state index contributed by atoms with van der Waals surface area (Å²) in [4.78, 5) is 11.4. The number of halogens is 2. The molecule has 0 spiro atoms. The molecule has 0 aromatic heterocycles. The zero-order valence-electron chi connectivity index (χ0n) is 13.2. The predicted octanol–water partition coefficient (Wildman–Crippen LogP) is 2.88. The van der Waals surface area contributed by atoms with Gasteiger partial charge in [0, 0.05) is 13.1 Å². The molecule has 0 aliphatic heterocycles. The maximum absolute atomic E-state index is 13.9. The molecule has 2 aromatic carbocycles. The van der Waals surface area contributed by atoms with E-state index >= 15 is 0 Å².